The van der Waals surface area contributed by atoms with Crippen LogP contribution < -0.4 is 9.64 Å². The number of benzene rings is 2. The molecule has 5 rings (SSSR count). The van der Waals surface area contributed by atoms with Crippen LogP contribution in [0.25, 0.3) is 0 Å². The highest BCUT2D eigenvalue weighted by Gasteiger charge is 2.74. The van der Waals surface area contributed by atoms with Gasteiger partial charge >= 0.3 is 0 Å². The molecule has 1 N–H and O–H groups in total. The van der Waals surface area contributed by atoms with E-state index in [1.807, 2.05) is 54.6 Å². The number of nitrogens with zero attached hydrogens (tertiary/aromatic N) is 3. The molecular formula is C34H41N3O5S. The predicted molar refractivity (Wildman–Crippen MR) is 170 cm³/mol. The van der Waals surface area contributed by atoms with E-state index in [2.05, 4.69) is 13.2 Å². The summed E-state index contributed by atoms with van der Waals surface area (Å²) in [5, 5.41) is 9.45. The maximum absolute atomic E-state index is 14.6. The van der Waals surface area contributed by atoms with Crippen LogP contribution in [0.2, 0.25) is 0 Å². The molecule has 1 spiro atoms. The van der Waals surface area contributed by atoms with Crippen LogP contribution in [0.5, 0.6) is 5.75 Å². The maximum Gasteiger partial charge on any atom is 0.251 e. The van der Waals surface area contributed by atoms with Gasteiger partial charge in [0, 0.05) is 43.7 Å². The molecule has 2 bridgehead atoms. The van der Waals surface area contributed by atoms with Crippen molar-refractivity contribution in [1.29, 1.82) is 0 Å². The molecule has 228 valence electrons. The van der Waals surface area contributed by atoms with Crippen LogP contribution in [0.4, 0.5) is 5.69 Å². The molecule has 3 fully saturated rings. The van der Waals surface area contributed by atoms with Crippen LogP contribution >= 0.6 is 11.8 Å². The lowest BCUT2D eigenvalue weighted by molar-refractivity contribution is -0.144. The number of carbonyl (C=O) groups excluding carboxylic acids is 3. The third-order valence-corrected chi connectivity index (χ3v) is 10.9. The van der Waals surface area contributed by atoms with Crippen LogP contribution in [0, 0.1) is 11.8 Å². The van der Waals surface area contributed by atoms with E-state index in [1.165, 1.54) is 0 Å². The number of likely N-dealkylation sites (tertiary alicyclic amines) is 1. The highest BCUT2D eigenvalue weighted by atomic mass is 32.2. The average Bonchev–Trinajstić information content (AvgIpc) is 3.67. The fourth-order valence-corrected chi connectivity index (χ4v) is 9.32. The van der Waals surface area contributed by atoms with Crippen molar-refractivity contribution in [3.05, 3.63) is 85.5 Å². The van der Waals surface area contributed by atoms with E-state index in [-0.39, 0.29) is 36.1 Å². The van der Waals surface area contributed by atoms with Crippen LogP contribution in [0.15, 0.2) is 79.9 Å². The molecule has 0 aromatic heterocycles. The van der Waals surface area contributed by atoms with Crippen LogP contribution in [0.3, 0.4) is 0 Å². The van der Waals surface area contributed by atoms with Crippen LogP contribution in [-0.4, -0.2) is 82.0 Å². The quantitative estimate of drug-likeness (QED) is 0.256. The minimum atomic E-state index is -0.722. The van der Waals surface area contributed by atoms with Gasteiger partial charge in [0.15, 0.2) is 0 Å². The number of hydrogen-bond donors (Lipinski definition) is 1. The van der Waals surface area contributed by atoms with E-state index in [1.54, 1.807) is 45.7 Å². The van der Waals surface area contributed by atoms with E-state index in [9.17, 15) is 19.5 Å². The SMILES string of the molecule is C=CCN(Cc1ccccc1)C(=O)[C@@H]1[C@@H]2CCC3(S2)C(C(=O)N(CC=C)c2ccc(OC)cc2)N(CCCCO)C(=O)[C@H]13. The lowest BCUT2D eigenvalue weighted by Gasteiger charge is -2.37. The summed E-state index contributed by atoms with van der Waals surface area (Å²) in [7, 11) is 1.59. The average molecular weight is 604 g/mol. The molecule has 2 aromatic carbocycles. The molecule has 3 heterocycles. The molecular weight excluding hydrogens is 562 g/mol. The standard InChI is InChI=1S/C34H41N3O5S/c1-4-19-35(23-24-11-7-6-8-12-24)31(39)28-27-17-18-34(43-27)29(28)32(40)37(21-9-10-22-38)30(34)33(41)36(20-5-2)25-13-15-26(42-3)16-14-25/h4-8,11-16,27-30,38H,1-2,9-10,17-23H2,3H3/t27-,28+,29-,30?,34?/m0/s1. The van der Waals surface area contributed by atoms with Crippen molar-refractivity contribution in [2.24, 2.45) is 11.8 Å². The van der Waals surface area contributed by atoms with Crippen LogP contribution in [0.1, 0.15) is 31.2 Å². The van der Waals surface area contributed by atoms with E-state index >= 15 is 0 Å². The number of hydrogen-bond acceptors (Lipinski definition) is 6. The first-order chi connectivity index (χ1) is 20.9. The Morgan fingerprint density at radius 2 is 1.79 bits per heavy atom. The normalized spacial score (nSPS) is 25.3. The largest absolute Gasteiger partial charge is 0.497 e. The zero-order valence-corrected chi connectivity index (χ0v) is 25.6. The van der Waals surface area contributed by atoms with Gasteiger partial charge in [0.1, 0.15) is 11.8 Å². The van der Waals surface area contributed by atoms with E-state index < -0.39 is 22.6 Å². The van der Waals surface area contributed by atoms with Gasteiger partial charge in [-0.25, -0.2) is 0 Å². The predicted octanol–water partition coefficient (Wildman–Crippen LogP) is 4.29. The fraction of sp³-hybridized carbons (Fsp3) is 0.441. The van der Waals surface area contributed by atoms with E-state index in [4.69, 9.17) is 4.74 Å². The number of aliphatic hydroxyl groups is 1. The Balaban J connectivity index is 1.50. The van der Waals surface area contributed by atoms with Gasteiger partial charge in [-0.15, -0.1) is 24.9 Å². The molecule has 9 heteroatoms. The minimum absolute atomic E-state index is 0.0115. The van der Waals surface area contributed by atoms with E-state index in [0.29, 0.717) is 50.3 Å². The van der Waals surface area contributed by atoms with Crippen molar-refractivity contribution >= 4 is 35.2 Å². The second-order valence-corrected chi connectivity index (χ2v) is 13.0. The van der Waals surface area contributed by atoms with Gasteiger partial charge in [0.05, 0.1) is 23.7 Å². The molecule has 2 aromatic rings. The molecule has 43 heavy (non-hydrogen) atoms. The van der Waals surface area contributed by atoms with Crippen molar-refractivity contribution in [3.8, 4) is 5.75 Å². The molecule has 2 unspecified atom stereocenters. The maximum atomic E-state index is 14.6. The smallest absolute Gasteiger partial charge is 0.251 e. The lowest BCUT2D eigenvalue weighted by atomic mass is 9.70. The summed E-state index contributed by atoms with van der Waals surface area (Å²) in [6, 6.07) is 16.4. The minimum Gasteiger partial charge on any atom is -0.497 e. The first kappa shape index (κ1) is 30.9. The summed E-state index contributed by atoms with van der Waals surface area (Å²) in [6.07, 6.45) is 5.98. The Bertz CT molecular complexity index is 1340. The van der Waals surface area contributed by atoms with Gasteiger partial charge in [-0.2, -0.15) is 0 Å². The highest BCUT2D eigenvalue weighted by Crippen LogP contribution is 2.66. The van der Waals surface area contributed by atoms with Crippen LogP contribution in [-0.2, 0) is 20.9 Å². The number of thioether (sulfide) groups is 1. The molecule has 8 nitrogen and oxygen atoms in total. The zero-order chi connectivity index (χ0) is 30.6. The Hall–Kier alpha value is -3.56. The number of rotatable bonds is 14. The van der Waals surface area contributed by atoms with Gasteiger partial charge < -0.3 is 24.5 Å². The molecule has 3 aliphatic heterocycles. The van der Waals surface area contributed by atoms with E-state index in [0.717, 1.165) is 12.0 Å². The number of anilines is 1. The number of fused-ring (bicyclic) bond motifs is 1. The van der Waals surface area contributed by atoms with Gasteiger partial charge in [0.2, 0.25) is 11.8 Å². The van der Waals surface area contributed by atoms with Crippen molar-refractivity contribution in [1.82, 2.24) is 9.80 Å². The summed E-state index contributed by atoms with van der Waals surface area (Å²) in [6.45, 7) is 9.23. The summed E-state index contributed by atoms with van der Waals surface area (Å²) in [5.74, 6) is -0.767. The number of amides is 3. The van der Waals surface area contributed by atoms with Gasteiger partial charge in [-0.3, -0.25) is 14.4 Å². The number of methoxy groups -OCH3 is 1. The number of aliphatic hydroxyl groups excluding tert-OH is 1. The Morgan fingerprint density at radius 3 is 2.44 bits per heavy atom. The Kier molecular flexibility index (Phi) is 9.62. The molecule has 0 aliphatic carbocycles. The fourth-order valence-electron chi connectivity index (χ4n) is 7.11. The monoisotopic (exact) mass is 603 g/mol. The third kappa shape index (κ3) is 5.72. The first-order valence-corrected chi connectivity index (χ1v) is 15.9. The number of carbonyl (C=O) groups is 3. The van der Waals surface area contributed by atoms with Gasteiger partial charge in [0.25, 0.3) is 5.91 Å². The summed E-state index contributed by atoms with van der Waals surface area (Å²) in [5.41, 5.74) is 1.71. The topological polar surface area (TPSA) is 90.4 Å². The van der Waals surface area contributed by atoms with Crippen molar-refractivity contribution in [3.63, 3.8) is 0 Å². The zero-order valence-electron chi connectivity index (χ0n) is 24.8. The lowest BCUT2D eigenvalue weighted by Crippen LogP contribution is -2.55. The molecule has 3 aliphatic rings. The van der Waals surface area contributed by atoms with Gasteiger partial charge in [-0.1, -0.05) is 42.5 Å². The number of unbranched alkanes of at least 4 members (excludes halogenated alkanes) is 1. The molecule has 3 amide bonds. The van der Waals surface area contributed by atoms with Crippen molar-refractivity contribution in [2.45, 2.75) is 48.3 Å². The first-order valence-electron chi connectivity index (χ1n) is 15.0. The number of ether oxygens (including phenoxy) is 1. The summed E-state index contributed by atoms with van der Waals surface area (Å²) in [4.78, 5) is 48.5. The molecule has 3 saturated heterocycles. The summed E-state index contributed by atoms with van der Waals surface area (Å²) < 4.78 is 4.62. The molecule has 0 saturated carbocycles. The summed E-state index contributed by atoms with van der Waals surface area (Å²) >= 11 is 1.67. The molecule has 0 radical (unpaired) electrons. The second-order valence-electron chi connectivity index (χ2n) is 11.4. The Labute approximate surface area is 258 Å². The highest BCUT2D eigenvalue weighted by molar-refractivity contribution is 8.02. The molecule has 5 atom stereocenters. The van der Waals surface area contributed by atoms with Crippen molar-refractivity contribution < 1.29 is 24.2 Å². The third-order valence-electron chi connectivity index (χ3n) is 8.97. The second kappa shape index (κ2) is 13.4. The van der Waals surface area contributed by atoms with Crippen molar-refractivity contribution in [2.75, 3.05) is 38.3 Å². The Morgan fingerprint density at radius 1 is 1.07 bits per heavy atom. The van der Waals surface area contributed by atoms with Gasteiger partial charge in [-0.05, 0) is 55.5 Å².